The predicted molar refractivity (Wildman–Crippen MR) is 119 cm³/mol. The molecule has 1 heterocycles. The highest BCUT2D eigenvalue weighted by Crippen LogP contribution is 2.33. The number of benzene rings is 2. The summed E-state index contributed by atoms with van der Waals surface area (Å²) in [7, 11) is 3.00. The Hall–Kier alpha value is -4.20. The zero-order chi connectivity index (χ0) is 22.9. The molecule has 0 fully saturated rings. The van der Waals surface area contributed by atoms with Crippen molar-refractivity contribution in [1.82, 2.24) is 10.9 Å². The molecule has 0 radical (unpaired) electrons. The molecule has 2 aromatic carbocycles. The second kappa shape index (κ2) is 10.7. The molecule has 2 amide bonds. The van der Waals surface area contributed by atoms with Crippen LogP contribution in [-0.4, -0.2) is 26.0 Å². The van der Waals surface area contributed by atoms with Crippen molar-refractivity contribution in [3.05, 3.63) is 83.3 Å². The average Bonchev–Trinajstić information content (AvgIpc) is 3.30. The Labute approximate surface area is 185 Å². The molecule has 3 rings (SSSR count). The van der Waals surface area contributed by atoms with Gasteiger partial charge in [-0.1, -0.05) is 30.4 Å². The number of furan rings is 1. The van der Waals surface area contributed by atoms with Gasteiger partial charge >= 0.3 is 5.91 Å². The van der Waals surface area contributed by atoms with Crippen LogP contribution in [0.3, 0.4) is 0 Å². The molecular formula is C24H24N2O6. The van der Waals surface area contributed by atoms with Gasteiger partial charge in [-0.3, -0.25) is 20.4 Å². The van der Waals surface area contributed by atoms with Crippen molar-refractivity contribution in [2.24, 2.45) is 0 Å². The van der Waals surface area contributed by atoms with Crippen molar-refractivity contribution >= 4 is 17.9 Å². The normalized spacial score (nSPS) is 10.6. The Kier molecular flexibility index (Phi) is 7.53. The van der Waals surface area contributed by atoms with Crippen LogP contribution < -0.4 is 25.1 Å². The molecule has 0 aliphatic rings. The zero-order valence-corrected chi connectivity index (χ0v) is 18.0. The van der Waals surface area contributed by atoms with Crippen LogP contribution in [0.4, 0.5) is 0 Å². The standard InChI is InChI=1S/C24H24N2O6/c1-4-8-16-13-17(14-21(29-2)22(16)30-3)23(27)25-26-24(28)20-12-11-19(32-20)15-31-18-9-6-5-7-10-18/h4-14H,15H2,1-3H3,(H,25,27)(H,26,28)/b8-4+. The van der Waals surface area contributed by atoms with E-state index < -0.39 is 11.8 Å². The van der Waals surface area contributed by atoms with Crippen LogP contribution in [0, 0.1) is 0 Å². The van der Waals surface area contributed by atoms with E-state index in [4.69, 9.17) is 18.6 Å². The van der Waals surface area contributed by atoms with Gasteiger partial charge in [0.2, 0.25) is 0 Å². The van der Waals surface area contributed by atoms with Crippen molar-refractivity contribution in [2.45, 2.75) is 13.5 Å². The molecular weight excluding hydrogens is 412 g/mol. The number of hydrogen-bond acceptors (Lipinski definition) is 6. The quantitative estimate of drug-likeness (QED) is 0.518. The number of hydrogen-bond donors (Lipinski definition) is 2. The molecule has 1 aromatic heterocycles. The lowest BCUT2D eigenvalue weighted by Crippen LogP contribution is -2.41. The van der Waals surface area contributed by atoms with Crippen molar-refractivity contribution in [3.8, 4) is 17.2 Å². The van der Waals surface area contributed by atoms with E-state index in [1.807, 2.05) is 43.3 Å². The number of rotatable bonds is 8. The largest absolute Gasteiger partial charge is 0.493 e. The number of ether oxygens (including phenoxy) is 3. The summed E-state index contributed by atoms with van der Waals surface area (Å²) in [4.78, 5) is 24.9. The number of nitrogens with one attached hydrogen (secondary N) is 2. The summed E-state index contributed by atoms with van der Waals surface area (Å²) in [5, 5.41) is 0. The number of hydrazine groups is 1. The van der Waals surface area contributed by atoms with Gasteiger partial charge in [0.05, 0.1) is 14.2 Å². The Balaban J connectivity index is 1.62. The van der Waals surface area contributed by atoms with E-state index in [9.17, 15) is 9.59 Å². The third-order valence-corrected chi connectivity index (χ3v) is 4.42. The van der Waals surface area contributed by atoms with Gasteiger partial charge in [-0.05, 0) is 43.3 Å². The molecule has 0 bridgehead atoms. The lowest BCUT2D eigenvalue weighted by atomic mass is 10.1. The van der Waals surface area contributed by atoms with Crippen LogP contribution in [0.15, 0.2) is 65.1 Å². The Morgan fingerprint density at radius 1 is 0.969 bits per heavy atom. The second-order valence-electron chi connectivity index (χ2n) is 6.58. The highest BCUT2D eigenvalue weighted by Gasteiger charge is 2.17. The van der Waals surface area contributed by atoms with Gasteiger partial charge in [-0.15, -0.1) is 0 Å². The third-order valence-electron chi connectivity index (χ3n) is 4.42. The van der Waals surface area contributed by atoms with Gasteiger partial charge in [0.1, 0.15) is 18.1 Å². The fraction of sp³-hybridized carbons (Fsp3) is 0.167. The second-order valence-corrected chi connectivity index (χ2v) is 6.58. The fourth-order valence-corrected chi connectivity index (χ4v) is 2.92. The molecule has 0 spiro atoms. The number of amides is 2. The number of allylic oxidation sites excluding steroid dienone is 1. The maximum atomic E-state index is 12.6. The van der Waals surface area contributed by atoms with Crippen LogP contribution in [0.2, 0.25) is 0 Å². The fourth-order valence-electron chi connectivity index (χ4n) is 2.92. The summed E-state index contributed by atoms with van der Waals surface area (Å²) >= 11 is 0. The Morgan fingerprint density at radius 2 is 1.72 bits per heavy atom. The lowest BCUT2D eigenvalue weighted by molar-refractivity contribution is 0.0828. The summed E-state index contributed by atoms with van der Waals surface area (Å²) in [5.74, 6) is 0.984. The molecule has 0 aliphatic carbocycles. The number of carbonyl (C=O) groups excluding carboxylic acids is 2. The average molecular weight is 436 g/mol. The monoisotopic (exact) mass is 436 g/mol. The summed E-state index contributed by atoms with van der Waals surface area (Å²) in [6.45, 7) is 2.02. The first-order valence-electron chi connectivity index (χ1n) is 9.81. The summed E-state index contributed by atoms with van der Waals surface area (Å²) in [6.07, 6.45) is 3.61. The van der Waals surface area contributed by atoms with Gasteiger partial charge in [-0.2, -0.15) is 0 Å². The Morgan fingerprint density at radius 3 is 2.41 bits per heavy atom. The molecule has 166 valence electrons. The van der Waals surface area contributed by atoms with Gasteiger partial charge in [0, 0.05) is 11.1 Å². The van der Waals surface area contributed by atoms with E-state index >= 15 is 0 Å². The van der Waals surface area contributed by atoms with E-state index in [0.717, 1.165) is 0 Å². The first-order chi connectivity index (χ1) is 15.5. The SMILES string of the molecule is C/C=C/c1cc(C(=O)NNC(=O)c2ccc(COc3ccccc3)o2)cc(OC)c1OC. The van der Waals surface area contributed by atoms with E-state index in [0.29, 0.717) is 28.6 Å². The smallest absolute Gasteiger partial charge is 0.305 e. The van der Waals surface area contributed by atoms with Crippen LogP contribution in [0.5, 0.6) is 17.2 Å². The lowest BCUT2D eigenvalue weighted by Gasteiger charge is -2.13. The summed E-state index contributed by atoms with van der Waals surface area (Å²) in [5.41, 5.74) is 5.66. The van der Waals surface area contributed by atoms with Gasteiger partial charge in [0.25, 0.3) is 5.91 Å². The highest BCUT2D eigenvalue weighted by atomic mass is 16.5. The van der Waals surface area contributed by atoms with Crippen molar-refractivity contribution in [1.29, 1.82) is 0 Å². The minimum atomic E-state index is -0.599. The van der Waals surface area contributed by atoms with Gasteiger partial charge in [-0.25, -0.2) is 0 Å². The van der Waals surface area contributed by atoms with E-state index in [-0.39, 0.29) is 17.9 Å². The minimum Gasteiger partial charge on any atom is -0.493 e. The van der Waals surface area contributed by atoms with Gasteiger partial charge in [0.15, 0.2) is 17.3 Å². The van der Waals surface area contributed by atoms with Crippen molar-refractivity contribution in [3.63, 3.8) is 0 Å². The number of methoxy groups -OCH3 is 2. The molecule has 32 heavy (non-hydrogen) atoms. The first kappa shape index (κ1) is 22.5. The number of para-hydroxylation sites is 1. The summed E-state index contributed by atoms with van der Waals surface area (Å²) < 4.78 is 21.8. The van der Waals surface area contributed by atoms with Crippen LogP contribution in [-0.2, 0) is 6.61 Å². The minimum absolute atomic E-state index is 0.0406. The molecule has 0 saturated carbocycles. The molecule has 0 saturated heterocycles. The summed E-state index contributed by atoms with van der Waals surface area (Å²) in [6, 6.07) is 15.6. The number of carbonyl (C=O) groups is 2. The third kappa shape index (κ3) is 5.48. The zero-order valence-electron chi connectivity index (χ0n) is 18.0. The molecule has 8 nitrogen and oxygen atoms in total. The molecule has 8 heteroatoms. The maximum Gasteiger partial charge on any atom is 0.305 e. The Bertz CT molecular complexity index is 1100. The van der Waals surface area contributed by atoms with Crippen molar-refractivity contribution in [2.75, 3.05) is 14.2 Å². The van der Waals surface area contributed by atoms with Crippen molar-refractivity contribution < 1.29 is 28.2 Å². The van der Waals surface area contributed by atoms with Crippen LogP contribution >= 0.6 is 0 Å². The topological polar surface area (TPSA) is 99.0 Å². The van der Waals surface area contributed by atoms with E-state index in [1.165, 1.54) is 26.4 Å². The van der Waals surface area contributed by atoms with E-state index in [1.54, 1.807) is 18.2 Å². The molecule has 0 unspecified atom stereocenters. The maximum absolute atomic E-state index is 12.6. The van der Waals surface area contributed by atoms with E-state index in [2.05, 4.69) is 10.9 Å². The molecule has 2 N–H and O–H groups in total. The van der Waals surface area contributed by atoms with Gasteiger partial charge < -0.3 is 18.6 Å². The highest BCUT2D eigenvalue weighted by molar-refractivity contribution is 5.99. The molecule has 0 atom stereocenters. The molecule has 0 aliphatic heterocycles. The molecule has 3 aromatic rings. The van der Waals surface area contributed by atoms with Crippen LogP contribution in [0.1, 0.15) is 39.2 Å². The predicted octanol–water partition coefficient (Wildman–Crippen LogP) is 3.98. The van der Waals surface area contributed by atoms with Crippen LogP contribution in [0.25, 0.3) is 6.08 Å². The first-order valence-corrected chi connectivity index (χ1v) is 9.81.